The Morgan fingerprint density at radius 1 is 1.00 bits per heavy atom. The molecular weight excluding hydrogens is 308 g/mol. The van der Waals surface area contributed by atoms with Crippen LogP contribution in [0.15, 0.2) is 59.5 Å². The number of benzene rings is 2. The molecule has 0 aromatic heterocycles. The number of hydrogen-bond donors (Lipinski definition) is 1. The second-order valence-corrected chi connectivity index (χ2v) is 7.95. The number of aryl methyl sites for hydroxylation is 1. The highest BCUT2D eigenvalue weighted by atomic mass is 32.2. The van der Waals surface area contributed by atoms with Gasteiger partial charge in [0.05, 0.1) is 16.3 Å². The summed E-state index contributed by atoms with van der Waals surface area (Å²) in [5.74, 6) is 0. The number of rotatable bonds is 3. The predicted octanol–water partition coefficient (Wildman–Crippen LogP) is 3.15. The van der Waals surface area contributed by atoms with Gasteiger partial charge in [0.25, 0.3) is 0 Å². The molecule has 1 aliphatic rings. The zero-order valence-electron chi connectivity index (χ0n) is 13.4. The molecule has 0 aliphatic carbocycles. The van der Waals surface area contributed by atoms with Crippen LogP contribution in [0.1, 0.15) is 18.1 Å². The Hall–Kier alpha value is -2.11. The van der Waals surface area contributed by atoms with Gasteiger partial charge in [-0.05, 0) is 49.8 Å². The van der Waals surface area contributed by atoms with Crippen molar-refractivity contribution in [1.82, 2.24) is 5.43 Å². The van der Waals surface area contributed by atoms with Gasteiger partial charge in [0.2, 0.25) is 0 Å². The van der Waals surface area contributed by atoms with Crippen molar-refractivity contribution in [3.8, 4) is 0 Å². The molecule has 0 amide bonds. The summed E-state index contributed by atoms with van der Waals surface area (Å²) in [7, 11) is -3.18. The summed E-state index contributed by atoms with van der Waals surface area (Å²) >= 11 is 0. The standard InChI is InChI=1S/C18H20N2O2S/c1-13-4-6-15(7-5-13)18-12-14(2)19-20(18)16-8-10-17(11-9-16)23(3,21)22/h4-12,14,19H,1-3H3. The fourth-order valence-corrected chi connectivity index (χ4v) is 3.26. The highest BCUT2D eigenvalue weighted by Gasteiger charge is 2.22. The lowest BCUT2D eigenvalue weighted by Gasteiger charge is -2.24. The van der Waals surface area contributed by atoms with E-state index in [0.29, 0.717) is 4.90 Å². The molecule has 0 spiro atoms. The molecule has 4 nitrogen and oxygen atoms in total. The van der Waals surface area contributed by atoms with Gasteiger partial charge in [-0.1, -0.05) is 29.8 Å². The van der Waals surface area contributed by atoms with Crippen LogP contribution in [0.3, 0.4) is 0 Å². The number of anilines is 1. The fourth-order valence-electron chi connectivity index (χ4n) is 2.63. The van der Waals surface area contributed by atoms with E-state index in [0.717, 1.165) is 16.9 Å². The van der Waals surface area contributed by atoms with Crippen LogP contribution in [0, 0.1) is 6.92 Å². The van der Waals surface area contributed by atoms with E-state index < -0.39 is 9.84 Å². The lowest BCUT2D eigenvalue weighted by molar-refractivity contribution is 0.602. The van der Waals surface area contributed by atoms with Crippen molar-refractivity contribution in [2.45, 2.75) is 24.8 Å². The van der Waals surface area contributed by atoms with Crippen molar-refractivity contribution < 1.29 is 8.42 Å². The van der Waals surface area contributed by atoms with Gasteiger partial charge in [-0.25, -0.2) is 13.8 Å². The molecule has 1 N–H and O–H groups in total. The number of nitrogens with zero attached hydrogens (tertiary/aromatic N) is 1. The normalized spacial score (nSPS) is 18.1. The molecule has 23 heavy (non-hydrogen) atoms. The Kier molecular flexibility index (Phi) is 4.00. The van der Waals surface area contributed by atoms with Crippen molar-refractivity contribution in [2.75, 3.05) is 11.3 Å². The van der Waals surface area contributed by atoms with Gasteiger partial charge >= 0.3 is 0 Å². The van der Waals surface area contributed by atoms with Crippen molar-refractivity contribution in [3.63, 3.8) is 0 Å². The molecule has 1 heterocycles. The van der Waals surface area contributed by atoms with Gasteiger partial charge < -0.3 is 0 Å². The summed E-state index contributed by atoms with van der Waals surface area (Å²) in [6.45, 7) is 4.15. The number of hydrazine groups is 1. The van der Waals surface area contributed by atoms with Crippen LogP contribution in [-0.4, -0.2) is 20.7 Å². The zero-order chi connectivity index (χ0) is 16.6. The molecule has 5 heteroatoms. The smallest absolute Gasteiger partial charge is 0.175 e. The third-order valence-corrected chi connectivity index (χ3v) is 4.98. The van der Waals surface area contributed by atoms with Gasteiger partial charge in [0, 0.05) is 12.3 Å². The Morgan fingerprint density at radius 2 is 1.61 bits per heavy atom. The molecule has 0 bridgehead atoms. The lowest BCUT2D eigenvalue weighted by atomic mass is 10.1. The van der Waals surface area contributed by atoms with Crippen LogP contribution in [0.5, 0.6) is 0 Å². The van der Waals surface area contributed by atoms with Gasteiger partial charge in [-0.15, -0.1) is 0 Å². The Balaban J connectivity index is 1.95. The van der Waals surface area contributed by atoms with E-state index >= 15 is 0 Å². The SMILES string of the molecule is Cc1ccc(C2=CC(C)NN2c2ccc(S(C)(=O)=O)cc2)cc1. The first kappa shape index (κ1) is 15.8. The topological polar surface area (TPSA) is 49.4 Å². The van der Waals surface area contributed by atoms with Crippen LogP contribution in [0.25, 0.3) is 5.70 Å². The van der Waals surface area contributed by atoms with Crippen LogP contribution in [-0.2, 0) is 9.84 Å². The molecule has 0 saturated carbocycles. The molecule has 2 aromatic carbocycles. The van der Waals surface area contributed by atoms with Crippen LogP contribution in [0.2, 0.25) is 0 Å². The first-order valence-corrected chi connectivity index (χ1v) is 9.39. The predicted molar refractivity (Wildman–Crippen MR) is 93.8 cm³/mol. The molecule has 0 radical (unpaired) electrons. The van der Waals surface area contributed by atoms with Crippen LogP contribution >= 0.6 is 0 Å². The summed E-state index contributed by atoms with van der Waals surface area (Å²) < 4.78 is 23.2. The van der Waals surface area contributed by atoms with E-state index in [1.54, 1.807) is 12.1 Å². The third kappa shape index (κ3) is 3.30. The average molecular weight is 328 g/mol. The first-order valence-electron chi connectivity index (χ1n) is 7.50. The summed E-state index contributed by atoms with van der Waals surface area (Å²) in [5.41, 5.74) is 7.71. The maximum atomic E-state index is 11.6. The molecule has 1 unspecified atom stereocenters. The molecular formula is C18H20N2O2S. The number of nitrogens with one attached hydrogen (secondary N) is 1. The van der Waals surface area contributed by atoms with E-state index in [1.165, 1.54) is 11.8 Å². The van der Waals surface area contributed by atoms with Crippen molar-refractivity contribution >= 4 is 21.2 Å². The number of hydrogen-bond acceptors (Lipinski definition) is 4. The van der Waals surface area contributed by atoms with Crippen LogP contribution < -0.4 is 10.4 Å². The van der Waals surface area contributed by atoms with Gasteiger partial charge in [0.15, 0.2) is 9.84 Å². The van der Waals surface area contributed by atoms with Crippen LogP contribution in [0.4, 0.5) is 5.69 Å². The molecule has 1 atom stereocenters. The van der Waals surface area contributed by atoms with Crippen molar-refractivity contribution in [1.29, 1.82) is 0 Å². The largest absolute Gasteiger partial charge is 0.276 e. The summed E-state index contributed by atoms with van der Waals surface area (Å²) in [5, 5.41) is 2.00. The monoisotopic (exact) mass is 328 g/mol. The fraction of sp³-hybridized carbons (Fsp3) is 0.222. The Morgan fingerprint density at radius 3 is 2.17 bits per heavy atom. The van der Waals surface area contributed by atoms with Crippen molar-refractivity contribution in [2.24, 2.45) is 0 Å². The lowest BCUT2D eigenvalue weighted by Crippen LogP contribution is -2.35. The van der Waals surface area contributed by atoms with Gasteiger partial charge in [0.1, 0.15) is 0 Å². The maximum Gasteiger partial charge on any atom is 0.175 e. The molecule has 3 rings (SSSR count). The zero-order valence-corrected chi connectivity index (χ0v) is 14.3. The second kappa shape index (κ2) is 5.83. The third-order valence-electron chi connectivity index (χ3n) is 3.85. The molecule has 120 valence electrons. The van der Waals surface area contributed by atoms with E-state index in [2.05, 4.69) is 49.6 Å². The minimum Gasteiger partial charge on any atom is -0.276 e. The average Bonchev–Trinajstić information content (AvgIpc) is 2.89. The molecule has 0 saturated heterocycles. The summed E-state index contributed by atoms with van der Waals surface area (Å²) in [6.07, 6.45) is 3.38. The second-order valence-electron chi connectivity index (χ2n) is 5.94. The van der Waals surface area contributed by atoms with E-state index in [9.17, 15) is 8.42 Å². The van der Waals surface area contributed by atoms with E-state index in [-0.39, 0.29) is 6.04 Å². The Labute approximate surface area is 137 Å². The molecule has 1 aliphatic heterocycles. The van der Waals surface area contributed by atoms with Crippen molar-refractivity contribution in [3.05, 3.63) is 65.7 Å². The summed E-state index contributed by atoms with van der Waals surface area (Å²) in [4.78, 5) is 0.328. The molecule has 0 fully saturated rings. The quantitative estimate of drug-likeness (QED) is 0.940. The minimum absolute atomic E-state index is 0.209. The first-order chi connectivity index (χ1) is 10.8. The van der Waals surface area contributed by atoms with Gasteiger partial charge in [-0.3, -0.25) is 5.01 Å². The summed E-state index contributed by atoms with van der Waals surface area (Å²) in [6, 6.07) is 15.5. The van der Waals surface area contributed by atoms with E-state index in [4.69, 9.17) is 0 Å². The molecule has 2 aromatic rings. The number of sulfone groups is 1. The maximum absolute atomic E-state index is 11.6. The van der Waals surface area contributed by atoms with Gasteiger partial charge in [-0.2, -0.15) is 0 Å². The van der Waals surface area contributed by atoms with E-state index in [1.807, 2.05) is 17.1 Å². The highest BCUT2D eigenvalue weighted by molar-refractivity contribution is 7.90. The highest BCUT2D eigenvalue weighted by Crippen LogP contribution is 2.30. The Bertz CT molecular complexity index is 838. The minimum atomic E-state index is -3.18.